The monoisotopic (exact) mass is 288 g/mol. The van der Waals surface area contributed by atoms with Gasteiger partial charge in [-0.3, -0.25) is 9.69 Å². The van der Waals surface area contributed by atoms with E-state index in [1.807, 2.05) is 23.1 Å². The summed E-state index contributed by atoms with van der Waals surface area (Å²) in [5.74, 6) is 1.53. The van der Waals surface area contributed by atoms with Gasteiger partial charge in [0.2, 0.25) is 0 Å². The Morgan fingerprint density at radius 1 is 1.10 bits per heavy atom. The third-order valence-electron chi connectivity index (χ3n) is 4.66. The Balaban J connectivity index is 1.52. The van der Waals surface area contributed by atoms with Crippen molar-refractivity contribution in [2.75, 3.05) is 39.4 Å². The fraction of sp³-hybridized carbons (Fsp3) is 0.562. The molecule has 1 aromatic rings. The van der Waals surface area contributed by atoms with Crippen LogP contribution in [0.25, 0.3) is 0 Å². The molecule has 0 spiro atoms. The van der Waals surface area contributed by atoms with Gasteiger partial charge in [0.15, 0.2) is 11.5 Å². The Hall–Kier alpha value is -1.75. The Labute approximate surface area is 124 Å². The second kappa shape index (κ2) is 5.22. The molecule has 0 radical (unpaired) electrons. The molecule has 0 aromatic heterocycles. The van der Waals surface area contributed by atoms with Crippen LogP contribution < -0.4 is 9.47 Å². The third kappa shape index (κ3) is 2.35. The van der Waals surface area contributed by atoms with E-state index < -0.39 is 0 Å². The van der Waals surface area contributed by atoms with Gasteiger partial charge in [0.1, 0.15) is 13.2 Å². The Bertz CT molecular complexity index is 560. The van der Waals surface area contributed by atoms with Gasteiger partial charge in [-0.2, -0.15) is 0 Å². The van der Waals surface area contributed by atoms with Gasteiger partial charge in [-0.1, -0.05) is 0 Å². The van der Waals surface area contributed by atoms with E-state index in [0.717, 1.165) is 25.4 Å². The minimum Gasteiger partial charge on any atom is -0.486 e. The van der Waals surface area contributed by atoms with Crippen LogP contribution in [0.3, 0.4) is 0 Å². The average Bonchev–Trinajstić information content (AvgIpc) is 3.01. The highest BCUT2D eigenvalue weighted by molar-refractivity contribution is 5.95. The Kier molecular flexibility index (Phi) is 3.22. The van der Waals surface area contributed by atoms with Crippen molar-refractivity contribution in [1.82, 2.24) is 9.80 Å². The van der Waals surface area contributed by atoms with E-state index in [2.05, 4.69) is 4.90 Å². The molecule has 4 rings (SSSR count). The normalized spacial score (nSPS) is 24.8. The topological polar surface area (TPSA) is 42.0 Å². The van der Waals surface area contributed by atoms with Gasteiger partial charge in [-0.15, -0.1) is 0 Å². The highest BCUT2D eigenvalue weighted by atomic mass is 16.6. The molecule has 5 nitrogen and oxygen atoms in total. The zero-order chi connectivity index (χ0) is 14.2. The zero-order valence-corrected chi connectivity index (χ0v) is 12.1. The molecule has 2 fully saturated rings. The minimum absolute atomic E-state index is 0.110. The maximum Gasteiger partial charge on any atom is 0.254 e. The van der Waals surface area contributed by atoms with E-state index in [1.165, 1.54) is 19.4 Å². The van der Waals surface area contributed by atoms with Crippen LogP contribution in [0.5, 0.6) is 11.5 Å². The quantitative estimate of drug-likeness (QED) is 0.783. The lowest BCUT2D eigenvalue weighted by Gasteiger charge is -2.37. The number of fused-ring (bicyclic) bond motifs is 2. The van der Waals surface area contributed by atoms with E-state index in [0.29, 0.717) is 30.6 Å². The largest absolute Gasteiger partial charge is 0.486 e. The van der Waals surface area contributed by atoms with Gasteiger partial charge in [-0.25, -0.2) is 0 Å². The molecule has 1 aromatic carbocycles. The van der Waals surface area contributed by atoms with Crippen LogP contribution in [-0.2, 0) is 0 Å². The van der Waals surface area contributed by atoms with Gasteiger partial charge in [0, 0.05) is 31.2 Å². The first-order chi connectivity index (χ1) is 10.3. The molecule has 1 atom stereocenters. The number of piperazine rings is 1. The second-order valence-corrected chi connectivity index (χ2v) is 5.94. The van der Waals surface area contributed by atoms with E-state index in [4.69, 9.17) is 9.47 Å². The lowest BCUT2D eigenvalue weighted by molar-refractivity contribution is 0.0570. The van der Waals surface area contributed by atoms with Crippen LogP contribution in [0, 0.1) is 0 Å². The molecule has 5 heteroatoms. The van der Waals surface area contributed by atoms with Crippen molar-refractivity contribution in [3.05, 3.63) is 23.8 Å². The van der Waals surface area contributed by atoms with Crippen LogP contribution in [-0.4, -0.2) is 61.1 Å². The first-order valence-corrected chi connectivity index (χ1v) is 7.74. The molecule has 3 aliphatic rings. The highest BCUT2D eigenvalue weighted by Gasteiger charge is 2.33. The van der Waals surface area contributed by atoms with E-state index in [1.54, 1.807) is 0 Å². The summed E-state index contributed by atoms with van der Waals surface area (Å²) in [4.78, 5) is 17.2. The van der Waals surface area contributed by atoms with Crippen molar-refractivity contribution in [2.45, 2.75) is 18.9 Å². The van der Waals surface area contributed by atoms with Gasteiger partial charge < -0.3 is 14.4 Å². The molecule has 21 heavy (non-hydrogen) atoms. The van der Waals surface area contributed by atoms with Crippen molar-refractivity contribution < 1.29 is 14.3 Å². The van der Waals surface area contributed by atoms with Crippen molar-refractivity contribution in [2.24, 2.45) is 0 Å². The summed E-state index contributed by atoms with van der Waals surface area (Å²) in [5, 5.41) is 0. The SMILES string of the molecule is O=C(c1ccc2c(c1)OCCO2)N1CCN2CCCC2C1. The van der Waals surface area contributed by atoms with Crippen LogP contribution in [0.2, 0.25) is 0 Å². The third-order valence-corrected chi connectivity index (χ3v) is 4.66. The highest BCUT2D eigenvalue weighted by Crippen LogP contribution is 2.31. The number of carbonyl (C=O) groups is 1. The second-order valence-electron chi connectivity index (χ2n) is 5.94. The Morgan fingerprint density at radius 3 is 2.86 bits per heavy atom. The predicted molar refractivity (Wildman–Crippen MR) is 77.9 cm³/mol. The molecule has 1 unspecified atom stereocenters. The summed E-state index contributed by atoms with van der Waals surface area (Å²) < 4.78 is 11.1. The van der Waals surface area contributed by atoms with E-state index in [9.17, 15) is 4.79 Å². The molecule has 3 heterocycles. The molecule has 3 aliphatic heterocycles. The molecular formula is C16H20N2O3. The molecule has 0 bridgehead atoms. The van der Waals surface area contributed by atoms with Gasteiger partial charge in [0.25, 0.3) is 5.91 Å². The average molecular weight is 288 g/mol. The fourth-order valence-corrected chi connectivity index (χ4v) is 3.53. The van der Waals surface area contributed by atoms with Gasteiger partial charge in [-0.05, 0) is 37.6 Å². The van der Waals surface area contributed by atoms with Crippen molar-refractivity contribution >= 4 is 5.91 Å². The lowest BCUT2D eigenvalue weighted by atomic mass is 10.1. The lowest BCUT2D eigenvalue weighted by Crippen LogP contribution is -2.52. The summed E-state index contributed by atoms with van der Waals surface area (Å²) in [7, 11) is 0. The molecule has 112 valence electrons. The molecule has 0 saturated carbocycles. The van der Waals surface area contributed by atoms with Crippen LogP contribution in [0.4, 0.5) is 0 Å². The first-order valence-electron chi connectivity index (χ1n) is 7.74. The number of ether oxygens (including phenoxy) is 2. The molecule has 1 amide bonds. The fourth-order valence-electron chi connectivity index (χ4n) is 3.53. The van der Waals surface area contributed by atoms with Crippen molar-refractivity contribution in [1.29, 1.82) is 0 Å². The number of nitrogens with zero attached hydrogens (tertiary/aromatic N) is 2. The van der Waals surface area contributed by atoms with E-state index >= 15 is 0 Å². The molecule has 2 saturated heterocycles. The zero-order valence-electron chi connectivity index (χ0n) is 12.1. The predicted octanol–water partition coefficient (Wildman–Crippen LogP) is 1.38. The minimum atomic E-state index is 0.110. The van der Waals surface area contributed by atoms with Crippen LogP contribution >= 0.6 is 0 Å². The number of hydrogen-bond acceptors (Lipinski definition) is 4. The van der Waals surface area contributed by atoms with E-state index in [-0.39, 0.29) is 5.91 Å². The molecule has 0 aliphatic carbocycles. The summed E-state index contributed by atoms with van der Waals surface area (Å²) >= 11 is 0. The van der Waals surface area contributed by atoms with Crippen LogP contribution in [0.1, 0.15) is 23.2 Å². The first kappa shape index (κ1) is 13.0. The standard InChI is InChI=1S/C16H20N2O3/c19-16(18-7-6-17-5-1-2-13(17)11-18)12-3-4-14-15(10-12)21-9-8-20-14/h3-4,10,13H,1-2,5-9,11H2. The van der Waals surface area contributed by atoms with Crippen LogP contribution in [0.15, 0.2) is 18.2 Å². The maximum atomic E-state index is 12.7. The summed E-state index contributed by atoms with van der Waals surface area (Å²) in [5.41, 5.74) is 0.700. The number of benzene rings is 1. The number of hydrogen-bond donors (Lipinski definition) is 0. The Morgan fingerprint density at radius 2 is 1.95 bits per heavy atom. The summed E-state index contributed by atoms with van der Waals surface area (Å²) in [6.45, 7) is 4.99. The summed E-state index contributed by atoms with van der Waals surface area (Å²) in [6.07, 6.45) is 2.47. The molecular weight excluding hydrogens is 268 g/mol. The summed E-state index contributed by atoms with van der Waals surface area (Å²) in [6, 6.07) is 6.06. The number of carbonyl (C=O) groups excluding carboxylic acids is 1. The smallest absolute Gasteiger partial charge is 0.254 e. The van der Waals surface area contributed by atoms with Crippen molar-refractivity contribution in [3.8, 4) is 11.5 Å². The molecule has 0 N–H and O–H groups in total. The van der Waals surface area contributed by atoms with Gasteiger partial charge in [0.05, 0.1) is 0 Å². The number of rotatable bonds is 1. The van der Waals surface area contributed by atoms with Crippen molar-refractivity contribution in [3.63, 3.8) is 0 Å². The number of amides is 1. The van der Waals surface area contributed by atoms with Gasteiger partial charge >= 0.3 is 0 Å². The maximum absolute atomic E-state index is 12.7.